The number of aromatic nitrogens is 2. The second-order valence-electron chi connectivity index (χ2n) is 9.13. The number of oxazole rings is 1. The molecule has 0 spiro atoms. The van der Waals surface area contributed by atoms with E-state index in [9.17, 15) is 4.79 Å². The van der Waals surface area contributed by atoms with Gasteiger partial charge in [0.1, 0.15) is 5.76 Å². The van der Waals surface area contributed by atoms with Crippen LogP contribution in [-0.4, -0.2) is 54.1 Å². The molecular formula is C24H30N6O2S. The summed E-state index contributed by atoms with van der Waals surface area (Å²) >= 11 is 1.37. The fourth-order valence-electron chi connectivity index (χ4n) is 3.37. The van der Waals surface area contributed by atoms with E-state index in [0.29, 0.717) is 11.0 Å². The minimum atomic E-state index is -0.324. The number of likely N-dealkylation sites (N-methyl/N-ethyl adjacent to an activating group) is 1. The number of piperazine rings is 1. The van der Waals surface area contributed by atoms with Gasteiger partial charge in [-0.1, -0.05) is 32.1 Å². The summed E-state index contributed by atoms with van der Waals surface area (Å²) in [5, 5.41) is 6.16. The molecule has 0 atom stereocenters. The maximum Gasteiger partial charge on any atom is 0.325 e. The third-order valence-corrected chi connectivity index (χ3v) is 6.27. The maximum absolute atomic E-state index is 12.4. The Bertz CT molecular complexity index is 1100. The number of nitrogens with zero attached hydrogens (tertiary/aromatic N) is 4. The molecule has 0 unspecified atom stereocenters. The summed E-state index contributed by atoms with van der Waals surface area (Å²) in [6.45, 7) is 10.4. The molecule has 2 amide bonds. The monoisotopic (exact) mass is 466 g/mol. The summed E-state index contributed by atoms with van der Waals surface area (Å²) in [5.41, 5.74) is 1.82. The van der Waals surface area contributed by atoms with Gasteiger partial charge in [-0.25, -0.2) is 14.8 Å². The minimum absolute atomic E-state index is 0.0844. The Kier molecular flexibility index (Phi) is 6.80. The van der Waals surface area contributed by atoms with Crippen LogP contribution in [0.1, 0.15) is 37.3 Å². The molecule has 2 aromatic heterocycles. The van der Waals surface area contributed by atoms with Gasteiger partial charge in [0.05, 0.1) is 6.20 Å². The Morgan fingerprint density at radius 3 is 2.42 bits per heavy atom. The molecule has 1 saturated heterocycles. The van der Waals surface area contributed by atoms with Crippen LogP contribution in [0.4, 0.5) is 21.3 Å². The highest BCUT2D eigenvalue weighted by molar-refractivity contribution is 7.16. The Labute approximate surface area is 198 Å². The molecule has 4 rings (SSSR count). The first-order valence-electron chi connectivity index (χ1n) is 11.0. The van der Waals surface area contributed by atoms with Gasteiger partial charge in [0.2, 0.25) is 5.89 Å². The van der Waals surface area contributed by atoms with Crippen LogP contribution in [-0.2, 0) is 5.41 Å². The summed E-state index contributed by atoms with van der Waals surface area (Å²) in [5.74, 6) is 1.38. The van der Waals surface area contributed by atoms with Gasteiger partial charge in [0, 0.05) is 60.1 Å². The van der Waals surface area contributed by atoms with E-state index in [1.165, 1.54) is 17.0 Å². The van der Waals surface area contributed by atoms with E-state index in [0.717, 1.165) is 42.5 Å². The van der Waals surface area contributed by atoms with Gasteiger partial charge in [-0.05, 0) is 37.4 Å². The predicted molar refractivity (Wildman–Crippen MR) is 135 cm³/mol. The van der Waals surface area contributed by atoms with E-state index in [4.69, 9.17) is 4.42 Å². The predicted octanol–water partition coefficient (Wildman–Crippen LogP) is 4.99. The average Bonchev–Trinajstić information content (AvgIpc) is 3.43. The van der Waals surface area contributed by atoms with Gasteiger partial charge in [0.25, 0.3) is 0 Å². The van der Waals surface area contributed by atoms with Gasteiger partial charge in [-0.2, -0.15) is 0 Å². The molecule has 33 heavy (non-hydrogen) atoms. The van der Waals surface area contributed by atoms with Crippen molar-refractivity contribution in [2.75, 3.05) is 48.8 Å². The second-order valence-corrected chi connectivity index (χ2v) is 10.2. The molecule has 3 aromatic rings. The Morgan fingerprint density at radius 2 is 1.76 bits per heavy atom. The minimum Gasteiger partial charge on any atom is -0.441 e. The van der Waals surface area contributed by atoms with Crippen molar-refractivity contribution in [3.05, 3.63) is 53.2 Å². The molecule has 8 nitrogen and oxygen atoms in total. The smallest absolute Gasteiger partial charge is 0.325 e. The topological polar surface area (TPSA) is 86.5 Å². The number of hydrogen-bond acceptors (Lipinski definition) is 7. The number of amides is 2. The van der Waals surface area contributed by atoms with Crippen LogP contribution in [0.2, 0.25) is 0 Å². The number of thiazole rings is 1. The molecule has 9 heteroatoms. The third kappa shape index (κ3) is 6.21. The summed E-state index contributed by atoms with van der Waals surface area (Å²) in [6.07, 6.45) is 7.13. The number of carbonyl (C=O) groups is 1. The van der Waals surface area contributed by atoms with Crippen molar-refractivity contribution in [3.8, 4) is 0 Å². The zero-order valence-electron chi connectivity index (χ0n) is 19.5. The number of benzene rings is 1. The third-order valence-electron chi connectivity index (χ3n) is 5.39. The SMILES string of the molecule is CN1CCN(c2ccc(NC(=O)Nc3ncc(/C=C/c4ncc(C(C)(C)C)o4)s3)cc2)CC1. The first kappa shape index (κ1) is 23.0. The van der Waals surface area contributed by atoms with Crippen molar-refractivity contribution in [2.45, 2.75) is 26.2 Å². The van der Waals surface area contributed by atoms with Crippen LogP contribution in [0.15, 0.2) is 41.1 Å². The summed E-state index contributed by atoms with van der Waals surface area (Å²) in [4.78, 5) is 26.5. The van der Waals surface area contributed by atoms with E-state index >= 15 is 0 Å². The largest absolute Gasteiger partial charge is 0.441 e. The zero-order valence-corrected chi connectivity index (χ0v) is 20.3. The first-order chi connectivity index (χ1) is 15.8. The molecule has 0 bridgehead atoms. The van der Waals surface area contributed by atoms with Crippen LogP contribution >= 0.6 is 11.3 Å². The van der Waals surface area contributed by atoms with E-state index in [1.807, 2.05) is 30.3 Å². The number of rotatable bonds is 5. The van der Waals surface area contributed by atoms with Crippen LogP contribution in [0.3, 0.4) is 0 Å². The normalized spacial score (nSPS) is 15.2. The Morgan fingerprint density at radius 1 is 1.03 bits per heavy atom. The van der Waals surface area contributed by atoms with Crippen LogP contribution in [0, 0.1) is 0 Å². The lowest BCUT2D eigenvalue weighted by Crippen LogP contribution is -2.44. The van der Waals surface area contributed by atoms with Crippen molar-refractivity contribution >= 4 is 46.0 Å². The van der Waals surface area contributed by atoms with E-state index in [-0.39, 0.29) is 11.4 Å². The Balaban J connectivity index is 1.29. The fourth-order valence-corrected chi connectivity index (χ4v) is 4.08. The molecule has 1 aromatic carbocycles. The van der Waals surface area contributed by atoms with E-state index in [2.05, 4.69) is 58.2 Å². The lowest BCUT2D eigenvalue weighted by Gasteiger charge is -2.34. The molecule has 1 fully saturated rings. The molecule has 2 N–H and O–H groups in total. The lowest BCUT2D eigenvalue weighted by atomic mass is 9.94. The summed E-state index contributed by atoms with van der Waals surface area (Å²) < 4.78 is 5.76. The molecule has 174 valence electrons. The fraction of sp³-hybridized carbons (Fsp3) is 0.375. The summed E-state index contributed by atoms with van der Waals surface area (Å²) in [6, 6.07) is 7.61. The number of hydrogen-bond donors (Lipinski definition) is 2. The van der Waals surface area contributed by atoms with Crippen LogP contribution in [0.25, 0.3) is 12.2 Å². The second kappa shape index (κ2) is 9.76. The first-order valence-corrected chi connectivity index (χ1v) is 11.8. The van der Waals surface area contributed by atoms with Crippen molar-refractivity contribution in [3.63, 3.8) is 0 Å². The maximum atomic E-state index is 12.4. The van der Waals surface area contributed by atoms with Gasteiger partial charge in [-0.3, -0.25) is 5.32 Å². The van der Waals surface area contributed by atoms with Gasteiger partial charge in [0.15, 0.2) is 5.13 Å². The van der Waals surface area contributed by atoms with Crippen molar-refractivity contribution in [1.29, 1.82) is 0 Å². The van der Waals surface area contributed by atoms with Crippen molar-refractivity contribution < 1.29 is 9.21 Å². The number of urea groups is 1. The zero-order chi connectivity index (χ0) is 23.4. The van der Waals surface area contributed by atoms with Crippen LogP contribution in [0.5, 0.6) is 0 Å². The van der Waals surface area contributed by atoms with Crippen LogP contribution < -0.4 is 15.5 Å². The van der Waals surface area contributed by atoms with Gasteiger partial charge in [-0.15, -0.1) is 0 Å². The Hall–Kier alpha value is -3.17. The van der Waals surface area contributed by atoms with Crippen molar-refractivity contribution in [1.82, 2.24) is 14.9 Å². The molecule has 0 radical (unpaired) electrons. The van der Waals surface area contributed by atoms with E-state index in [1.54, 1.807) is 18.5 Å². The highest BCUT2D eigenvalue weighted by Gasteiger charge is 2.18. The molecule has 1 aliphatic heterocycles. The molecule has 0 saturated carbocycles. The lowest BCUT2D eigenvalue weighted by molar-refractivity contribution is 0.262. The van der Waals surface area contributed by atoms with Crippen molar-refractivity contribution in [2.24, 2.45) is 0 Å². The van der Waals surface area contributed by atoms with Gasteiger partial charge >= 0.3 is 6.03 Å². The summed E-state index contributed by atoms with van der Waals surface area (Å²) in [7, 11) is 2.14. The number of nitrogens with one attached hydrogen (secondary N) is 2. The molecule has 3 heterocycles. The molecule has 1 aliphatic rings. The number of anilines is 3. The molecular weight excluding hydrogens is 436 g/mol. The highest BCUT2D eigenvalue weighted by atomic mass is 32.1. The quantitative estimate of drug-likeness (QED) is 0.551. The average molecular weight is 467 g/mol. The highest BCUT2D eigenvalue weighted by Crippen LogP contribution is 2.25. The van der Waals surface area contributed by atoms with Gasteiger partial charge < -0.3 is 19.5 Å². The molecule has 0 aliphatic carbocycles. The number of carbonyl (C=O) groups excluding carboxylic acids is 1. The van der Waals surface area contributed by atoms with E-state index < -0.39 is 0 Å². The standard InChI is InChI=1S/C24H30N6O2S/c1-24(2,3)20-16-25-21(32-20)10-9-19-15-26-23(33-19)28-22(31)27-17-5-7-18(8-6-17)30-13-11-29(4)12-14-30/h5-10,15-16H,11-14H2,1-4H3,(H2,26,27,28,31)/b10-9+.